The summed E-state index contributed by atoms with van der Waals surface area (Å²) < 4.78 is 2.17. The van der Waals surface area contributed by atoms with Crippen LogP contribution < -0.4 is 5.32 Å². The van der Waals surface area contributed by atoms with Crippen molar-refractivity contribution in [2.24, 2.45) is 0 Å². The molecule has 2 rings (SSSR count). The van der Waals surface area contributed by atoms with Gasteiger partial charge < -0.3 is 9.88 Å². The largest absolute Gasteiger partial charge is 0.333 e. The van der Waals surface area contributed by atoms with Gasteiger partial charge in [-0.05, 0) is 18.6 Å². The second-order valence-corrected chi connectivity index (χ2v) is 3.90. The SMILES string of the molecule is CCCn1cncc1CNCc1cccnn1. The number of hydrogen-bond donors (Lipinski definition) is 1. The van der Waals surface area contributed by atoms with Gasteiger partial charge in [0, 0.05) is 32.0 Å². The van der Waals surface area contributed by atoms with Crippen molar-refractivity contribution in [3.05, 3.63) is 42.2 Å². The van der Waals surface area contributed by atoms with E-state index in [0.29, 0.717) is 0 Å². The van der Waals surface area contributed by atoms with Crippen LogP contribution in [0.5, 0.6) is 0 Å². The Morgan fingerprint density at radius 1 is 1.35 bits per heavy atom. The molecule has 90 valence electrons. The third-order valence-corrected chi connectivity index (χ3v) is 2.50. The zero-order chi connectivity index (χ0) is 11.9. The molecule has 0 fully saturated rings. The maximum absolute atomic E-state index is 4.16. The van der Waals surface area contributed by atoms with E-state index in [1.165, 1.54) is 5.69 Å². The summed E-state index contributed by atoms with van der Waals surface area (Å²) in [7, 11) is 0. The molecule has 2 heterocycles. The van der Waals surface area contributed by atoms with E-state index in [0.717, 1.165) is 31.7 Å². The third-order valence-electron chi connectivity index (χ3n) is 2.50. The first-order chi connectivity index (χ1) is 8.40. The molecule has 0 amide bonds. The minimum absolute atomic E-state index is 0.727. The molecule has 0 saturated carbocycles. The Kier molecular flexibility index (Phi) is 4.21. The number of hydrogen-bond acceptors (Lipinski definition) is 4. The molecule has 0 spiro atoms. The van der Waals surface area contributed by atoms with Gasteiger partial charge in [-0.3, -0.25) is 0 Å². The van der Waals surface area contributed by atoms with Crippen LogP contribution in [-0.4, -0.2) is 19.7 Å². The van der Waals surface area contributed by atoms with Gasteiger partial charge in [-0.2, -0.15) is 10.2 Å². The fourth-order valence-electron chi connectivity index (χ4n) is 1.68. The molecule has 0 aliphatic rings. The average molecular weight is 231 g/mol. The number of imidazole rings is 1. The molecular formula is C12H17N5. The fraction of sp³-hybridized carbons (Fsp3) is 0.417. The first-order valence-electron chi connectivity index (χ1n) is 5.86. The standard InChI is InChI=1S/C12H17N5/c1-2-6-17-10-14-9-12(17)8-13-7-11-4-3-5-15-16-11/h3-5,9-10,13H,2,6-8H2,1H3. The monoisotopic (exact) mass is 231 g/mol. The van der Waals surface area contributed by atoms with Gasteiger partial charge in [-0.25, -0.2) is 4.98 Å². The second kappa shape index (κ2) is 6.10. The highest BCUT2D eigenvalue weighted by atomic mass is 15.1. The number of nitrogens with one attached hydrogen (secondary N) is 1. The van der Waals surface area contributed by atoms with Crippen LogP contribution in [0.1, 0.15) is 24.7 Å². The van der Waals surface area contributed by atoms with Crippen molar-refractivity contribution in [2.75, 3.05) is 0 Å². The van der Waals surface area contributed by atoms with Gasteiger partial charge in [0.15, 0.2) is 0 Å². The zero-order valence-corrected chi connectivity index (χ0v) is 10.0. The van der Waals surface area contributed by atoms with E-state index in [1.54, 1.807) is 6.20 Å². The molecule has 0 aliphatic carbocycles. The molecule has 2 aromatic heterocycles. The van der Waals surface area contributed by atoms with Crippen LogP contribution in [0, 0.1) is 0 Å². The molecule has 5 nitrogen and oxygen atoms in total. The maximum atomic E-state index is 4.16. The maximum Gasteiger partial charge on any atom is 0.0948 e. The fourth-order valence-corrected chi connectivity index (χ4v) is 1.68. The van der Waals surface area contributed by atoms with Crippen LogP contribution in [-0.2, 0) is 19.6 Å². The summed E-state index contributed by atoms with van der Waals surface area (Å²) in [5, 5.41) is 11.2. The van der Waals surface area contributed by atoms with Crippen LogP contribution in [0.15, 0.2) is 30.9 Å². The van der Waals surface area contributed by atoms with E-state index in [9.17, 15) is 0 Å². The molecule has 0 atom stereocenters. The first-order valence-corrected chi connectivity index (χ1v) is 5.86. The molecule has 0 aliphatic heterocycles. The summed E-state index contributed by atoms with van der Waals surface area (Å²) in [5.74, 6) is 0. The number of rotatable bonds is 6. The van der Waals surface area contributed by atoms with E-state index in [1.807, 2.05) is 24.7 Å². The predicted octanol–water partition coefficient (Wildman–Crippen LogP) is 1.37. The van der Waals surface area contributed by atoms with Crippen LogP contribution in [0.2, 0.25) is 0 Å². The lowest BCUT2D eigenvalue weighted by molar-refractivity contribution is 0.595. The second-order valence-electron chi connectivity index (χ2n) is 3.90. The molecule has 17 heavy (non-hydrogen) atoms. The van der Waals surface area contributed by atoms with E-state index < -0.39 is 0 Å². The average Bonchev–Trinajstić information content (AvgIpc) is 2.79. The highest BCUT2D eigenvalue weighted by Gasteiger charge is 2.01. The highest BCUT2D eigenvalue weighted by molar-refractivity contribution is 5.01. The van der Waals surface area contributed by atoms with Gasteiger partial charge in [-0.15, -0.1) is 0 Å². The Labute approximate surface area is 101 Å². The highest BCUT2D eigenvalue weighted by Crippen LogP contribution is 2.01. The molecule has 2 aromatic rings. The summed E-state index contributed by atoms with van der Waals surface area (Å²) in [6, 6.07) is 3.86. The van der Waals surface area contributed by atoms with Crippen LogP contribution >= 0.6 is 0 Å². The molecule has 0 radical (unpaired) electrons. The first kappa shape index (κ1) is 11.7. The summed E-state index contributed by atoms with van der Waals surface area (Å²) in [5.41, 5.74) is 2.16. The lowest BCUT2D eigenvalue weighted by Crippen LogP contribution is -2.16. The van der Waals surface area contributed by atoms with E-state index in [-0.39, 0.29) is 0 Å². The molecule has 1 N–H and O–H groups in total. The smallest absolute Gasteiger partial charge is 0.0948 e. The molecule has 0 bridgehead atoms. The number of aromatic nitrogens is 4. The Balaban J connectivity index is 1.84. The molecule has 0 aromatic carbocycles. The Hall–Kier alpha value is -1.75. The summed E-state index contributed by atoms with van der Waals surface area (Å²) >= 11 is 0. The van der Waals surface area contributed by atoms with Gasteiger partial charge in [-0.1, -0.05) is 6.92 Å². The van der Waals surface area contributed by atoms with Crippen molar-refractivity contribution in [1.82, 2.24) is 25.1 Å². The molecule has 0 saturated heterocycles. The van der Waals surface area contributed by atoms with Crippen LogP contribution in [0.3, 0.4) is 0 Å². The van der Waals surface area contributed by atoms with Crippen molar-refractivity contribution in [2.45, 2.75) is 33.0 Å². The Bertz CT molecular complexity index is 437. The minimum Gasteiger partial charge on any atom is -0.333 e. The molecular weight excluding hydrogens is 214 g/mol. The summed E-state index contributed by atoms with van der Waals surface area (Å²) in [6.45, 7) is 4.71. The van der Waals surface area contributed by atoms with Crippen molar-refractivity contribution in [3.8, 4) is 0 Å². The normalized spacial score (nSPS) is 10.6. The Morgan fingerprint density at radius 2 is 2.29 bits per heavy atom. The third kappa shape index (κ3) is 3.35. The Morgan fingerprint density at radius 3 is 3.06 bits per heavy atom. The quantitative estimate of drug-likeness (QED) is 0.816. The van der Waals surface area contributed by atoms with Crippen LogP contribution in [0.4, 0.5) is 0 Å². The van der Waals surface area contributed by atoms with E-state index in [2.05, 4.69) is 32.0 Å². The van der Waals surface area contributed by atoms with Crippen molar-refractivity contribution in [1.29, 1.82) is 0 Å². The van der Waals surface area contributed by atoms with Gasteiger partial charge >= 0.3 is 0 Å². The lowest BCUT2D eigenvalue weighted by atomic mass is 10.3. The van der Waals surface area contributed by atoms with E-state index in [4.69, 9.17) is 0 Å². The van der Waals surface area contributed by atoms with Gasteiger partial charge in [0.2, 0.25) is 0 Å². The topological polar surface area (TPSA) is 55.6 Å². The molecule has 5 heteroatoms. The van der Waals surface area contributed by atoms with Crippen LogP contribution in [0.25, 0.3) is 0 Å². The van der Waals surface area contributed by atoms with Crippen molar-refractivity contribution >= 4 is 0 Å². The van der Waals surface area contributed by atoms with Gasteiger partial charge in [0.05, 0.1) is 17.7 Å². The zero-order valence-electron chi connectivity index (χ0n) is 10.0. The lowest BCUT2D eigenvalue weighted by Gasteiger charge is -2.07. The van der Waals surface area contributed by atoms with Gasteiger partial charge in [0.1, 0.15) is 0 Å². The summed E-state index contributed by atoms with van der Waals surface area (Å²) in [6.07, 6.45) is 6.58. The van der Waals surface area contributed by atoms with E-state index >= 15 is 0 Å². The molecule has 0 unspecified atom stereocenters. The van der Waals surface area contributed by atoms with Gasteiger partial charge in [0.25, 0.3) is 0 Å². The predicted molar refractivity (Wildman–Crippen MR) is 65.1 cm³/mol. The van der Waals surface area contributed by atoms with Crippen molar-refractivity contribution < 1.29 is 0 Å². The number of nitrogens with zero attached hydrogens (tertiary/aromatic N) is 4. The minimum atomic E-state index is 0.727. The number of aryl methyl sites for hydroxylation is 1. The summed E-state index contributed by atoms with van der Waals surface area (Å²) in [4.78, 5) is 4.16. The van der Waals surface area contributed by atoms with Crippen molar-refractivity contribution in [3.63, 3.8) is 0 Å².